The van der Waals surface area contributed by atoms with Crippen LogP contribution in [0.3, 0.4) is 0 Å². The standard InChI is InChI=1S/C12H16N4O2.ClH/c1-8(13)12(18)15-10-5-4-9(7-14-10)16-6-2-3-11(16)17;/h4-5,7-8H,2-3,6,13H2,1H3,(H,14,15,18);1H/t8-;/m1./s1. The number of rotatable bonds is 3. The molecule has 19 heavy (non-hydrogen) atoms. The molecule has 1 fully saturated rings. The summed E-state index contributed by atoms with van der Waals surface area (Å²) < 4.78 is 0. The van der Waals surface area contributed by atoms with Gasteiger partial charge in [0.2, 0.25) is 11.8 Å². The molecule has 1 aliphatic heterocycles. The minimum absolute atomic E-state index is 0. The Hall–Kier alpha value is -1.66. The van der Waals surface area contributed by atoms with Crippen molar-refractivity contribution in [1.82, 2.24) is 4.98 Å². The fourth-order valence-corrected chi connectivity index (χ4v) is 1.78. The molecule has 3 N–H and O–H groups in total. The maximum atomic E-state index is 11.5. The van der Waals surface area contributed by atoms with E-state index in [0.717, 1.165) is 18.7 Å². The number of pyridine rings is 1. The van der Waals surface area contributed by atoms with E-state index in [1.54, 1.807) is 30.2 Å². The molecule has 1 aromatic heterocycles. The minimum atomic E-state index is -0.577. The lowest BCUT2D eigenvalue weighted by Crippen LogP contribution is -2.32. The number of hydrogen-bond donors (Lipinski definition) is 2. The van der Waals surface area contributed by atoms with E-state index in [1.165, 1.54) is 0 Å². The fraction of sp³-hybridized carbons (Fsp3) is 0.417. The number of halogens is 1. The van der Waals surface area contributed by atoms with Gasteiger partial charge in [-0.2, -0.15) is 0 Å². The summed E-state index contributed by atoms with van der Waals surface area (Å²) in [6, 6.07) is 2.86. The minimum Gasteiger partial charge on any atom is -0.320 e. The Morgan fingerprint density at radius 2 is 2.26 bits per heavy atom. The molecule has 2 amide bonds. The second-order valence-electron chi connectivity index (χ2n) is 4.33. The monoisotopic (exact) mass is 284 g/mol. The molecular formula is C12H17ClN4O2. The van der Waals surface area contributed by atoms with Crippen LogP contribution in [-0.4, -0.2) is 29.4 Å². The molecule has 0 aliphatic carbocycles. The quantitative estimate of drug-likeness (QED) is 0.864. The highest BCUT2D eigenvalue weighted by Crippen LogP contribution is 2.21. The lowest BCUT2D eigenvalue weighted by molar-refractivity contribution is -0.117. The highest BCUT2D eigenvalue weighted by atomic mass is 35.5. The SMILES string of the molecule is C[C@@H](N)C(=O)Nc1ccc(N2CCCC2=O)cn1.Cl. The Morgan fingerprint density at radius 3 is 2.74 bits per heavy atom. The van der Waals surface area contributed by atoms with Crippen LogP contribution in [-0.2, 0) is 9.59 Å². The molecule has 7 heteroatoms. The van der Waals surface area contributed by atoms with Gasteiger partial charge >= 0.3 is 0 Å². The van der Waals surface area contributed by atoms with Crippen molar-refractivity contribution in [2.45, 2.75) is 25.8 Å². The van der Waals surface area contributed by atoms with Crippen molar-refractivity contribution in [3.63, 3.8) is 0 Å². The number of anilines is 2. The van der Waals surface area contributed by atoms with E-state index in [4.69, 9.17) is 5.73 Å². The molecule has 0 unspecified atom stereocenters. The molecule has 1 saturated heterocycles. The predicted molar refractivity (Wildman–Crippen MR) is 75.4 cm³/mol. The lowest BCUT2D eigenvalue weighted by atomic mass is 10.3. The molecule has 2 rings (SSSR count). The molecular weight excluding hydrogens is 268 g/mol. The molecule has 0 saturated carbocycles. The van der Waals surface area contributed by atoms with Crippen molar-refractivity contribution in [3.05, 3.63) is 18.3 Å². The third-order valence-corrected chi connectivity index (χ3v) is 2.80. The summed E-state index contributed by atoms with van der Waals surface area (Å²) >= 11 is 0. The van der Waals surface area contributed by atoms with E-state index >= 15 is 0 Å². The predicted octanol–water partition coefficient (Wildman–Crippen LogP) is 0.916. The number of hydrogen-bond acceptors (Lipinski definition) is 4. The number of amides is 2. The van der Waals surface area contributed by atoms with Crippen molar-refractivity contribution >= 4 is 35.7 Å². The number of carbonyl (C=O) groups is 2. The first-order chi connectivity index (χ1) is 8.58. The first-order valence-corrected chi connectivity index (χ1v) is 5.91. The third-order valence-electron chi connectivity index (χ3n) is 2.80. The Morgan fingerprint density at radius 1 is 1.53 bits per heavy atom. The average Bonchev–Trinajstić information content (AvgIpc) is 2.76. The topological polar surface area (TPSA) is 88.3 Å². The van der Waals surface area contributed by atoms with E-state index in [2.05, 4.69) is 10.3 Å². The maximum Gasteiger partial charge on any atom is 0.242 e. The summed E-state index contributed by atoms with van der Waals surface area (Å²) in [7, 11) is 0. The Kier molecular flexibility index (Phi) is 5.26. The van der Waals surface area contributed by atoms with Crippen LogP contribution in [0.2, 0.25) is 0 Å². The van der Waals surface area contributed by atoms with Gasteiger partial charge in [-0.15, -0.1) is 12.4 Å². The smallest absolute Gasteiger partial charge is 0.242 e. The van der Waals surface area contributed by atoms with E-state index in [-0.39, 0.29) is 24.2 Å². The van der Waals surface area contributed by atoms with Gasteiger partial charge in [0.15, 0.2) is 0 Å². The van der Waals surface area contributed by atoms with Crippen LogP contribution in [0, 0.1) is 0 Å². The normalized spacial score (nSPS) is 15.9. The summed E-state index contributed by atoms with van der Waals surface area (Å²) in [6.07, 6.45) is 3.05. The second-order valence-corrected chi connectivity index (χ2v) is 4.33. The number of nitrogens with two attached hydrogens (primary N) is 1. The molecule has 0 aromatic carbocycles. The van der Waals surface area contributed by atoms with E-state index in [1.807, 2.05) is 0 Å². The third kappa shape index (κ3) is 3.65. The van der Waals surface area contributed by atoms with Crippen LogP contribution in [0.25, 0.3) is 0 Å². The molecule has 0 bridgehead atoms. The van der Waals surface area contributed by atoms with Crippen molar-refractivity contribution in [2.75, 3.05) is 16.8 Å². The van der Waals surface area contributed by atoms with Gasteiger partial charge in [0.25, 0.3) is 0 Å². The van der Waals surface area contributed by atoms with Gasteiger partial charge in [0.05, 0.1) is 17.9 Å². The fourth-order valence-electron chi connectivity index (χ4n) is 1.78. The summed E-state index contributed by atoms with van der Waals surface area (Å²) in [5, 5.41) is 2.59. The number of nitrogens with one attached hydrogen (secondary N) is 1. The zero-order valence-electron chi connectivity index (χ0n) is 10.6. The molecule has 6 nitrogen and oxygen atoms in total. The lowest BCUT2D eigenvalue weighted by Gasteiger charge is -2.15. The largest absolute Gasteiger partial charge is 0.320 e. The van der Waals surface area contributed by atoms with Gasteiger partial charge in [-0.25, -0.2) is 4.98 Å². The maximum absolute atomic E-state index is 11.5. The molecule has 1 aromatic rings. The second kappa shape index (κ2) is 6.49. The summed E-state index contributed by atoms with van der Waals surface area (Å²) in [6.45, 7) is 2.33. The van der Waals surface area contributed by atoms with E-state index in [9.17, 15) is 9.59 Å². The average molecular weight is 285 g/mol. The van der Waals surface area contributed by atoms with Crippen molar-refractivity contribution in [2.24, 2.45) is 5.73 Å². The molecule has 1 aliphatic rings. The number of nitrogens with zero attached hydrogens (tertiary/aromatic N) is 2. The van der Waals surface area contributed by atoms with Gasteiger partial charge in [0, 0.05) is 13.0 Å². The zero-order chi connectivity index (χ0) is 13.1. The number of aromatic nitrogens is 1. The number of carbonyl (C=O) groups excluding carboxylic acids is 2. The van der Waals surface area contributed by atoms with Gasteiger partial charge in [-0.1, -0.05) is 0 Å². The first kappa shape index (κ1) is 15.4. The molecule has 2 heterocycles. The van der Waals surface area contributed by atoms with E-state index < -0.39 is 6.04 Å². The van der Waals surface area contributed by atoms with Crippen molar-refractivity contribution < 1.29 is 9.59 Å². The van der Waals surface area contributed by atoms with Crippen LogP contribution < -0.4 is 16.0 Å². The summed E-state index contributed by atoms with van der Waals surface area (Å²) in [5.41, 5.74) is 6.20. The Balaban J connectivity index is 0.00000180. The van der Waals surface area contributed by atoms with Gasteiger partial charge in [-0.3, -0.25) is 9.59 Å². The van der Waals surface area contributed by atoms with Crippen LogP contribution in [0.4, 0.5) is 11.5 Å². The molecule has 0 radical (unpaired) electrons. The zero-order valence-corrected chi connectivity index (χ0v) is 11.4. The van der Waals surface area contributed by atoms with Crippen LogP contribution in [0.15, 0.2) is 18.3 Å². The van der Waals surface area contributed by atoms with E-state index in [0.29, 0.717) is 12.2 Å². The van der Waals surface area contributed by atoms with Gasteiger partial charge < -0.3 is 16.0 Å². The highest BCUT2D eigenvalue weighted by molar-refractivity contribution is 5.96. The molecule has 0 spiro atoms. The van der Waals surface area contributed by atoms with Crippen LogP contribution >= 0.6 is 12.4 Å². The summed E-state index contributed by atoms with van der Waals surface area (Å²) in [4.78, 5) is 28.7. The van der Waals surface area contributed by atoms with Gasteiger partial charge in [-0.05, 0) is 25.5 Å². The van der Waals surface area contributed by atoms with Gasteiger partial charge in [0.1, 0.15) is 5.82 Å². The van der Waals surface area contributed by atoms with Crippen molar-refractivity contribution in [1.29, 1.82) is 0 Å². The van der Waals surface area contributed by atoms with Crippen LogP contribution in [0.1, 0.15) is 19.8 Å². The van der Waals surface area contributed by atoms with Crippen molar-refractivity contribution in [3.8, 4) is 0 Å². The Bertz CT molecular complexity index is 461. The molecule has 104 valence electrons. The summed E-state index contributed by atoms with van der Waals surface area (Å²) in [5.74, 6) is 0.268. The van der Waals surface area contributed by atoms with Crippen LogP contribution in [0.5, 0.6) is 0 Å². The Labute approximate surface area is 117 Å². The first-order valence-electron chi connectivity index (χ1n) is 5.91. The highest BCUT2D eigenvalue weighted by Gasteiger charge is 2.21. The molecule has 1 atom stereocenters.